The SMILES string of the molecule is CSC(SC)=C(C)CC#N. The summed E-state index contributed by atoms with van der Waals surface area (Å²) in [7, 11) is 0. The fraction of sp³-hybridized carbons (Fsp3) is 0.571. The molecule has 0 rings (SSSR count). The molecule has 0 aromatic rings. The largest absolute Gasteiger partial charge is 0.198 e. The van der Waals surface area contributed by atoms with Crippen molar-refractivity contribution in [1.29, 1.82) is 5.26 Å². The molecule has 0 fully saturated rings. The van der Waals surface area contributed by atoms with Crippen LogP contribution >= 0.6 is 23.5 Å². The van der Waals surface area contributed by atoms with E-state index in [4.69, 9.17) is 5.26 Å². The molecule has 0 saturated carbocycles. The molecular weight excluding hydrogens is 162 g/mol. The minimum Gasteiger partial charge on any atom is -0.198 e. The van der Waals surface area contributed by atoms with E-state index in [0.717, 1.165) is 0 Å². The summed E-state index contributed by atoms with van der Waals surface area (Å²) in [5.41, 5.74) is 1.18. The van der Waals surface area contributed by atoms with Crippen LogP contribution in [0.5, 0.6) is 0 Å². The summed E-state index contributed by atoms with van der Waals surface area (Å²) in [5.74, 6) is 0. The standard InChI is InChI=1S/C7H11NS2/c1-6(4-5-8)7(9-2)10-3/h4H2,1-3H3. The first-order valence-electron chi connectivity index (χ1n) is 2.91. The van der Waals surface area contributed by atoms with Crippen molar-refractivity contribution in [3.8, 4) is 6.07 Å². The molecule has 0 saturated heterocycles. The van der Waals surface area contributed by atoms with Gasteiger partial charge in [-0.15, -0.1) is 23.5 Å². The van der Waals surface area contributed by atoms with E-state index < -0.39 is 0 Å². The maximum absolute atomic E-state index is 8.37. The first-order valence-corrected chi connectivity index (χ1v) is 5.35. The number of allylic oxidation sites excluding steroid dienone is 1. The van der Waals surface area contributed by atoms with E-state index in [-0.39, 0.29) is 0 Å². The Morgan fingerprint density at radius 2 is 1.90 bits per heavy atom. The fourth-order valence-corrected chi connectivity index (χ4v) is 2.13. The van der Waals surface area contributed by atoms with Gasteiger partial charge in [-0.1, -0.05) is 0 Å². The summed E-state index contributed by atoms with van der Waals surface area (Å²) in [6.07, 6.45) is 4.62. The molecule has 0 aromatic heterocycles. The van der Waals surface area contributed by atoms with Crippen molar-refractivity contribution < 1.29 is 0 Å². The molecule has 56 valence electrons. The molecule has 1 nitrogen and oxygen atoms in total. The minimum absolute atomic E-state index is 0.553. The molecule has 0 aromatic carbocycles. The second-order valence-corrected chi connectivity index (χ2v) is 3.70. The average Bonchev–Trinajstić information content (AvgIpc) is 1.91. The van der Waals surface area contributed by atoms with Crippen molar-refractivity contribution in [3.05, 3.63) is 9.81 Å². The summed E-state index contributed by atoms with van der Waals surface area (Å²) >= 11 is 3.42. The van der Waals surface area contributed by atoms with Crippen LogP contribution in [0.1, 0.15) is 13.3 Å². The Morgan fingerprint density at radius 1 is 1.40 bits per heavy atom. The van der Waals surface area contributed by atoms with Gasteiger partial charge in [-0.25, -0.2) is 0 Å². The third kappa shape index (κ3) is 3.19. The van der Waals surface area contributed by atoms with Crippen LogP contribution in [-0.2, 0) is 0 Å². The predicted molar refractivity (Wildman–Crippen MR) is 50.0 cm³/mol. The van der Waals surface area contributed by atoms with Gasteiger partial charge >= 0.3 is 0 Å². The number of hydrogen-bond acceptors (Lipinski definition) is 3. The lowest BCUT2D eigenvalue weighted by molar-refractivity contribution is 1.22. The monoisotopic (exact) mass is 173 g/mol. The van der Waals surface area contributed by atoms with E-state index in [9.17, 15) is 0 Å². The Morgan fingerprint density at radius 3 is 2.20 bits per heavy atom. The lowest BCUT2D eigenvalue weighted by Gasteiger charge is -2.01. The molecule has 0 unspecified atom stereocenters. The first kappa shape index (κ1) is 9.93. The molecule has 0 aliphatic rings. The number of nitriles is 1. The Hall–Kier alpha value is -0.0700. The molecule has 0 spiro atoms. The molecule has 0 aliphatic heterocycles. The Labute approximate surface area is 70.9 Å². The number of nitrogens with zero attached hydrogens (tertiary/aromatic N) is 1. The second kappa shape index (κ2) is 5.70. The Balaban J connectivity index is 4.15. The van der Waals surface area contributed by atoms with Crippen LogP contribution in [0.2, 0.25) is 0 Å². The molecule has 0 atom stereocenters. The number of rotatable bonds is 3. The highest BCUT2D eigenvalue weighted by atomic mass is 32.2. The highest BCUT2D eigenvalue weighted by molar-refractivity contribution is 8.21. The van der Waals surface area contributed by atoms with E-state index in [2.05, 4.69) is 6.07 Å². The molecule has 0 aliphatic carbocycles. The van der Waals surface area contributed by atoms with Crippen LogP contribution < -0.4 is 0 Å². The van der Waals surface area contributed by atoms with E-state index in [1.165, 1.54) is 9.81 Å². The van der Waals surface area contributed by atoms with Crippen LogP contribution in [0.4, 0.5) is 0 Å². The maximum atomic E-state index is 8.37. The van der Waals surface area contributed by atoms with Gasteiger partial charge in [-0.2, -0.15) is 5.26 Å². The second-order valence-electron chi connectivity index (χ2n) is 1.81. The zero-order valence-corrected chi connectivity index (χ0v) is 8.10. The van der Waals surface area contributed by atoms with Crippen molar-refractivity contribution in [2.45, 2.75) is 13.3 Å². The van der Waals surface area contributed by atoms with Gasteiger partial charge in [0.2, 0.25) is 0 Å². The van der Waals surface area contributed by atoms with Gasteiger partial charge in [0.15, 0.2) is 0 Å². The minimum atomic E-state index is 0.553. The van der Waals surface area contributed by atoms with Gasteiger partial charge < -0.3 is 0 Å². The van der Waals surface area contributed by atoms with Crippen LogP contribution in [0.25, 0.3) is 0 Å². The maximum Gasteiger partial charge on any atom is 0.0666 e. The van der Waals surface area contributed by atoms with Crippen molar-refractivity contribution in [2.75, 3.05) is 12.5 Å². The van der Waals surface area contributed by atoms with Gasteiger partial charge in [0.25, 0.3) is 0 Å². The normalized spacial score (nSPS) is 8.60. The smallest absolute Gasteiger partial charge is 0.0666 e. The highest BCUT2D eigenvalue weighted by Crippen LogP contribution is 2.28. The molecule has 0 radical (unpaired) electrons. The van der Waals surface area contributed by atoms with Crippen LogP contribution in [0.3, 0.4) is 0 Å². The van der Waals surface area contributed by atoms with Gasteiger partial charge in [0, 0.05) is 4.24 Å². The fourth-order valence-electron chi connectivity index (χ4n) is 0.623. The lowest BCUT2D eigenvalue weighted by Crippen LogP contribution is -1.77. The molecule has 0 amide bonds. The van der Waals surface area contributed by atoms with E-state index in [1.807, 2.05) is 19.4 Å². The third-order valence-corrected chi connectivity index (χ3v) is 3.50. The van der Waals surface area contributed by atoms with Crippen LogP contribution in [0.15, 0.2) is 9.81 Å². The zero-order chi connectivity index (χ0) is 7.98. The van der Waals surface area contributed by atoms with Crippen molar-refractivity contribution in [1.82, 2.24) is 0 Å². The van der Waals surface area contributed by atoms with Crippen LogP contribution in [0, 0.1) is 11.3 Å². The Bertz CT molecular complexity index is 161. The first-order chi connectivity index (χ1) is 4.76. The highest BCUT2D eigenvalue weighted by Gasteiger charge is 1.97. The van der Waals surface area contributed by atoms with E-state index >= 15 is 0 Å². The van der Waals surface area contributed by atoms with Gasteiger partial charge in [0.05, 0.1) is 12.5 Å². The molecule has 10 heavy (non-hydrogen) atoms. The zero-order valence-electron chi connectivity index (χ0n) is 6.47. The molecule has 0 bridgehead atoms. The van der Waals surface area contributed by atoms with Gasteiger partial charge in [-0.3, -0.25) is 0 Å². The average molecular weight is 173 g/mol. The summed E-state index contributed by atoms with van der Waals surface area (Å²) in [5, 5.41) is 8.37. The summed E-state index contributed by atoms with van der Waals surface area (Å²) in [6.45, 7) is 2.01. The molecular formula is C7H11NS2. The summed E-state index contributed by atoms with van der Waals surface area (Å²) in [4.78, 5) is 0. The third-order valence-electron chi connectivity index (χ3n) is 1.06. The van der Waals surface area contributed by atoms with Gasteiger partial charge in [-0.05, 0) is 25.0 Å². The van der Waals surface area contributed by atoms with Crippen molar-refractivity contribution in [2.24, 2.45) is 0 Å². The molecule has 0 heterocycles. The van der Waals surface area contributed by atoms with Crippen molar-refractivity contribution >= 4 is 23.5 Å². The Kier molecular flexibility index (Phi) is 5.66. The molecule has 0 N–H and O–H groups in total. The summed E-state index contributed by atoms with van der Waals surface area (Å²) in [6, 6.07) is 2.13. The predicted octanol–water partition coefficient (Wildman–Crippen LogP) is 2.86. The van der Waals surface area contributed by atoms with E-state index in [1.54, 1.807) is 23.5 Å². The quantitative estimate of drug-likeness (QED) is 0.655. The lowest BCUT2D eigenvalue weighted by atomic mass is 10.3. The van der Waals surface area contributed by atoms with E-state index in [0.29, 0.717) is 6.42 Å². The van der Waals surface area contributed by atoms with Crippen molar-refractivity contribution in [3.63, 3.8) is 0 Å². The summed E-state index contributed by atoms with van der Waals surface area (Å²) < 4.78 is 1.27. The van der Waals surface area contributed by atoms with Gasteiger partial charge in [0.1, 0.15) is 0 Å². The topological polar surface area (TPSA) is 23.8 Å². The van der Waals surface area contributed by atoms with Crippen LogP contribution in [-0.4, -0.2) is 12.5 Å². The molecule has 3 heteroatoms. The number of hydrogen-bond donors (Lipinski definition) is 0. The number of thioether (sulfide) groups is 2.